The third kappa shape index (κ3) is 1.16. The van der Waals surface area contributed by atoms with Crippen molar-refractivity contribution in [1.82, 2.24) is 19.8 Å². The number of rotatable bonds is 2. The number of nitrogens with zero attached hydrogens (tertiary/aromatic N) is 4. The van der Waals surface area contributed by atoms with Crippen LogP contribution in [-0.2, 0) is 0 Å². The molecular weight excluding hydrogens is 174 g/mol. The molecule has 0 fully saturated rings. The molecule has 2 rings (SSSR count). The number of hydrogen-bond acceptors (Lipinski definition) is 5. The minimum atomic E-state index is 0.775. The van der Waals surface area contributed by atoms with Gasteiger partial charge in [0.2, 0.25) is 5.13 Å². The van der Waals surface area contributed by atoms with Gasteiger partial charge in [-0.25, -0.2) is 0 Å². The zero-order valence-electron chi connectivity index (χ0n) is 6.43. The summed E-state index contributed by atoms with van der Waals surface area (Å²) in [5, 5.41) is 8.13. The van der Waals surface area contributed by atoms with E-state index >= 15 is 0 Å². The summed E-state index contributed by atoms with van der Waals surface area (Å²) in [5.41, 5.74) is 0. The van der Waals surface area contributed by atoms with E-state index in [1.54, 1.807) is 0 Å². The van der Waals surface area contributed by atoms with Crippen molar-refractivity contribution in [1.29, 1.82) is 0 Å². The smallest absolute Gasteiger partial charge is 0.233 e. The average molecular weight is 181 g/mol. The molecule has 0 aliphatic heterocycles. The van der Waals surface area contributed by atoms with E-state index in [-0.39, 0.29) is 0 Å². The van der Waals surface area contributed by atoms with Crippen LogP contribution in [-0.4, -0.2) is 26.8 Å². The Hall–Kier alpha value is -1.43. The Morgan fingerprint density at radius 2 is 2.50 bits per heavy atom. The Morgan fingerprint density at radius 1 is 1.58 bits per heavy atom. The van der Waals surface area contributed by atoms with Crippen LogP contribution in [0.1, 0.15) is 0 Å². The topological polar surface area (TPSA) is 57.7 Å². The van der Waals surface area contributed by atoms with Crippen molar-refractivity contribution in [2.24, 2.45) is 0 Å². The minimum Gasteiger partial charge on any atom is -0.348 e. The third-order valence-corrected chi connectivity index (χ3v) is 2.19. The Morgan fingerprint density at radius 3 is 3.08 bits per heavy atom. The lowest BCUT2D eigenvalue weighted by molar-refractivity contribution is 0.941. The van der Waals surface area contributed by atoms with E-state index in [1.165, 1.54) is 11.5 Å². The predicted molar refractivity (Wildman–Crippen MR) is 46.6 cm³/mol. The van der Waals surface area contributed by atoms with Crippen molar-refractivity contribution in [2.45, 2.75) is 0 Å². The molecule has 0 aliphatic rings. The van der Waals surface area contributed by atoms with Gasteiger partial charge < -0.3 is 9.88 Å². The lowest BCUT2D eigenvalue weighted by Gasteiger charge is -2.10. The molecule has 0 aromatic carbocycles. The van der Waals surface area contributed by atoms with E-state index in [0.29, 0.717) is 0 Å². The largest absolute Gasteiger partial charge is 0.348 e. The number of aromatic amines is 1. The molecule has 0 saturated heterocycles. The zero-order chi connectivity index (χ0) is 8.39. The summed E-state index contributed by atoms with van der Waals surface area (Å²) in [4.78, 5) is 4.96. The van der Waals surface area contributed by atoms with Gasteiger partial charge in [-0.1, -0.05) is 9.59 Å². The SMILES string of the molecule is CN(c1ccc[nH]1)c1nnns1. The maximum Gasteiger partial charge on any atom is 0.233 e. The fraction of sp³-hybridized carbons (Fsp3) is 0.167. The van der Waals surface area contributed by atoms with Crippen molar-refractivity contribution in [3.8, 4) is 0 Å². The second-order valence-electron chi connectivity index (χ2n) is 2.26. The Bertz CT molecular complexity index is 292. The standard InChI is InChI=1S/C6H7N5S/c1-11(5-3-2-4-7-5)6-8-9-10-12-6/h2-4,7H,1H3. The molecule has 0 spiro atoms. The molecule has 1 N–H and O–H groups in total. The van der Waals surface area contributed by atoms with E-state index in [1.807, 2.05) is 30.3 Å². The fourth-order valence-corrected chi connectivity index (χ4v) is 1.33. The van der Waals surface area contributed by atoms with Crippen molar-refractivity contribution >= 4 is 22.5 Å². The van der Waals surface area contributed by atoms with Gasteiger partial charge in [0.15, 0.2) is 0 Å². The van der Waals surface area contributed by atoms with Crippen LogP contribution in [0.2, 0.25) is 0 Å². The van der Waals surface area contributed by atoms with Crippen LogP contribution in [0.25, 0.3) is 0 Å². The lowest BCUT2D eigenvalue weighted by atomic mass is 10.6. The van der Waals surface area contributed by atoms with Gasteiger partial charge in [0, 0.05) is 24.8 Å². The van der Waals surface area contributed by atoms with Crippen molar-refractivity contribution < 1.29 is 0 Å². The molecule has 0 atom stereocenters. The van der Waals surface area contributed by atoms with Gasteiger partial charge >= 0.3 is 0 Å². The van der Waals surface area contributed by atoms with Crippen LogP contribution >= 0.6 is 11.5 Å². The summed E-state index contributed by atoms with van der Waals surface area (Å²) < 4.78 is 3.68. The van der Waals surface area contributed by atoms with Gasteiger partial charge in [-0.3, -0.25) is 0 Å². The van der Waals surface area contributed by atoms with Crippen molar-refractivity contribution in [3.05, 3.63) is 18.3 Å². The fourth-order valence-electron chi connectivity index (χ4n) is 0.890. The van der Waals surface area contributed by atoms with Crippen LogP contribution in [0.3, 0.4) is 0 Å². The van der Waals surface area contributed by atoms with Gasteiger partial charge in [-0.15, -0.1) is 0 Å². The van der Waals surface area contributed by atoms with E-state index in [9.17, 15) is 0 Å². The molecule has 12 heavy (non-hydrogen) atoms. The monoisotopic (exact) mass is 181 g/mol. The maximum atomic E-state index is 3.84. The Balaban J connectivity index is 2.27. The van der Waals surface area contributed by atoms with Gasteiger partial charge in [-0.05, 0) is 17.3 Å². The zero-order valence-corrected chi connectivity index (χ0v) is 7.25. The number of aromatic nitrogens is 4. The normalized spacial score (nSPS) is 10.1. The number of anilines is 2. The summed E-state index contributed by atoms with van der Waals surface area (Å²) in [7, 11) is 1.91. The maximum absolute atomic E-state index is 3.84. The Kier molecular flexibility index (Phi) is 1.75. The average Bonchev–Trinajstić information content (AvgIpc) is 2.77. The molecule has 2 aromatic heterocycles. The highest BCUT2D eigenvalue weighted by molar-refractivity contribution is 7.09. The molecule has 0 aliphatic carbocycles. The third-order valence-electron chi connectivity index (χ3n) is 1.52. The first-order valence-electron chi connectivity index (χ1n) is 3.40. The van der Waals surface area contributed by atoms with Gasteiger partial charge in [0.25, 0.3) is 0 Å². The molecular formula is C6H7N5S. The molecule has 0 bridgehead atoms. The van der Waals surface area contributed by atoms with Crippen LogP contribution in [0.15, 0.2) is 18.3 Å². The Labute approximate surface area is 73.2 Å². The highest BCUT2D eigenvalue weighted by atomic mass is 32.1. The number of hydrogen-bond donors (Lipinski definition) is 1. The highest BCUT2D eigenvalue weighted by Gasteiger charge is 2.07. The summed E-state index contributed by atoms with van der Waals surface area (Å²) >= 11 is 1.26. The van der Waals surface area contributed by atoms with Gasteiger partial charge in [0.05, 0.1) is 0 Å². The van der Waals surface area contributed by atoms with Crippen LogP contribution in [0, 0.1) is 0 Å². The number of H-pyrrole nitrogens is 1. The van der Waals surface area contributed by atoms with Crippen molar-refractivity contribution in [3.63, 3.8) is 0 Å². The molecule has 62 valence electrons. The second-order valence-corrected chi connectivity index (χ2v) is 2.97. The van der Waals surface area contributed by atoms with E-state index < -0.39 is 0 Å². The summed E-state index contributed by atoms with van der Waals surface area (Å²) in [6.45, 7) is 0. The first kappa shape index (κ1) is 7.23. The molecule has 2 heterocycles. The van der Waals surface area contributed by atoms with E-state index in [2.05, 4.69) is 19.8 Å². The second kappa shape index (κ2) is 2.90. The van der Waals surface area contributed by atoms with E-state index in [4.69, 9.17) is 0 Å². The minimum absolute atomic E-state index is 0.775. The molecule has 0 amide bonds. The van der Waals surface area contributed by atoms with Crippen LogP contribution < -0.4 is 4.90 Å². The summed E-state index contributed by atoms with van der Waals surface area (Å²) in [6, 6.07) is 3.89. The van der Waals surface area contributed by atoms with Crippen LogP contribution in [0.5, 0.6) is 0 Å². The molecule has 0 unspecified atom stereocenters. The molecule has 5 nitrogen and oxygen atoms in total. The molecule has 0 radical (unpaired) electrons. The van der Waals surface area contributed by atoms with Gasteiger partial charge in [-0.2, -0.15) is 0 Å². The highest BCUT2D eigenvalue weighted by Crippen LogP contribution is 2.20. The van der Waals surface area contributed by atoms with Gasteiger partial charge in [0.1, 0.15) is 5.82 Å². The molecule has 2 aromatic rings. The molecule has 0 saturated carbocycles. The van der Waals surface area contributed by atoms with Crippen LogP contribution in [0.4, 0.5) is 10.9 Å². The summed E-state index contributed by atoms with van der Waals surface area (Å²) in [6.07, 6.45) is 1.86. The van der Waals surface area contributed by atoms with Crippen molar-refractivity contribution in [2.75, 3.05) is 11.9 Å². The van der Waals surface area contributed by atoms with E-state index in [0.717, 1.165) is 10.9 Å². The molecule has 6 heteroatoms. The predicted octanol–water partition coefficient (Wildman–Crippen LogP) is 1.03. The first-order chi connectivity index (χ1) is 5.88. The first-order valence-corrected chi connectivity index (χ1v) is 4.17. The quantitative estimate of drug-likeness (QED) is 0.751. The summed E-state index contributed by atoms with van der Waals surface area (Å²) in [5.74, 6) is 0.980. The number of nitrogens with one attached hydrogen (secondary N) is 1. The lowest BCUT2D eigenvalue weighted by Crippen LogP contribution is -2.09.